The molecule has 3 aromatic rings. The lowest BCUT2D eigenvalue weighted by Crippen LogP contribution is -2.58. The summed E-state index contributed by atoms with van der Waals surface area (Å²) in [5.74, 6) is 0. The van der Waals surface area contributed by atoms with Crippen molar-refractivity contribution >= 4 is 22.4 Å². The van der Waals surface area contributed by atoms with Crippen molar-refractivity contribution in [1.29, 1.82) is 0 Å². The van der Waals surface area contributed by atoms with Crippen molar-refractivity contribution in [3.63, 3.8) is 0 Å². The smallest absolute Gasteiger partial charge is 0.300 e. The topological polar surface area (TPSA) is 215 Å². The molecule has 1 aliphatic rings. The lowest BCUT2D eigenvalue weighted by atomic mass is 9.99. The van der Waals surface area contributed by atoms with Gasteiger partial charge in [0.2, 0.25) is 5.52 Å². The number of fused-ring (bicyclic) bond motifs is 1. The molecule has 1 aromatic carbocycles. The number of unbranched alkanes of at least 4 members (excludes halogenated alkanes) is 3. The number of aliphatic hydroxyl groups is 4. The Morgan fingerprint density at radius 1 is 1.03 bits per heavy atom. The van der Waals surface area contributed by atoms with Crippen LogP contribution in [-0.4, -0.2) is 87.9 Å². The number of ether oxygens (including phenoxy) is 1. The van der Waals surface area contributed by atoms with Gasteiger partial charge < -0.3 is 30.5 Å². The van der Waals surface area contributed by atoms with Gasteiger partial charge in [-0.1, -0.05) is 18.1 Å². The largest absolute Gasteiger partial charge is 0.388 e. The standard InChI is InChI=1S/C20H27N7O8/c28-17-14(34-20(31)19(30)18(17)29)10-26-9-11(22-25-26)5-3-1-2-4-8-21-12-6-7-13(27(32)33)16-15(12)23-35-24-16/h6-7,9,14,17-21,28-31H,1-5,8,10H2/t14-,17-,18+,19-,20?/m1/s1. The van der Waals surface area contributed by atoms with Crippen molar-refractivity contribution < 1.29 is 34.7 Å². The minimum atomic E-state index is -1.59. The summed E-state index contributed by atoms with van der Waals surface area (Å²) in [7, 11) is 0. The van der Waals surface area contributed by atoms with Crippen molar-refractivity contribution in [3.05, 3.63) is 34.1 Å². The lowest BCUT2D eigenvalue weighted by Gasteiger charge is -2.38. The number of nitrogens with one attached hydrogen (secondary N) is 1. The van der Waals surface area contributed by atoms with Crippen LogP contribution < -0.4 is 5.32 Å². The van der Waals surface area contributed by atoms with E-state index in [4.69, 9.17) is 4.74 Å². The van der Waals surface area contributed by atoms with Crippen LogP contribution >= 0.6 is 0 Å². The van der Waals surface area contributed by atoms with E-state index >= 15 is 0 Å². The molecular formula is C20H27N7O8. The van der Waals surface area contributed by atoms with Gasteiger partial charge in [-0.05, 0) is 35.6 Å². The second-order valence-electron chi connectivity index (χ2n) is 8.41. The predicted octanol–water partition coefficient (Wildman–Crippen LogP) is -0.263. The first-order chi connectivity index (χ1) is 16.8. The Labute approximate surface area is 198 Å². The SMILES string of the molecule is O=[N+]([O-])c1ccc(NCCCCCCc2cn(C[C@H]3OC(O)[C@H](O)[C@@H](O)[C@@H]3O)nn2)c2nonc12. The van der Waals surface area contributed by atoms with E-state index in [0.717, 1.165) is 31.4 Å². The van der Waals surface area contributed by atoms with E-state index in [9.17, 15) is 30.5 Å². The van der Waals surface area contributed by atoms with Gasteiger partial charge in [0, 0.05) is 18.8 Å². The minimum Gasteiger partial charge on any atom is -0.388 e. The summed E-state index contributed by atoms with van der Waals surface area (Å²) in [6, 6.07) is 2.96. The summed E-state index contributed by atoms with van der Waals surface area (Å²) in [5, 5.41) is 68.7. The molecule has 5 N–H and O–H groups in total. The molecule has 0 amide bonds. The van der Waals surface area contributed by atoms with Gasteiger partial charge >= 0.3 is 5.69 Å². The molecule has 1 fully saturated rings. The molecule has 1 unspecified atom stereocenters. The highest BCUT2D eigenvalue weighted by atomic mass is 16.6. The van der Waals surface area contributed by atoms with Gasteiger partial charge in [-0.25, -0.2) is 9.31 Å². The number of hydrogen-bond donors (Lipinski definition) is 5. The van der Waals surface area contributed by atoms with Crippen LogP contribution in [0.15, 0.2) is 23.0 Å². The predicted molar refractivity (Wildman–Crippen MR) is 118 cm³/mol. The maximum atomic E-state index is 11.0. The summed E-state index contributed by atoms with van der Waals surface area (Å²) < 4.78 is 11.3. The number of hydrogen-bond acceptors (Lipinski definition) is 13. The van der Waals surface area contributed by atoms with Crippen molar-refractivity contribution in [2.45, 2.75) is 69.4 Å². The second kappa shape index (κ2) is 11.0. The summed E-state index contributed by atoms with van der Waals surface area (Å²) in [6.45, 7) is 0.726. The number of anilines is 1. The van der Waals surface area contributed by atoms with Gasteiger partial charge in [-0.2, -0.15) is 0 Å². The van der Waals surface area contributed by atoms with Crippen LogP contribution in [0.1, 0.15) is 31.4 Å². The quantitative estimate of drug-likeness (QED) is 0.132. The molecule has 190 valence electrons. The molecule has 0 saturated carbocycles. The number of non-ortho nitro benzene ring substituents is 1. The highest BCUT2D eigenvalue weighted by molar-refractivity contribution is 5.93. The van der Waals surface area contributed by atoms with Crippen molar-refractivity contribution in [2.24, 2.45) is 0 Å². The third kappa shape index (κ3) is 5.71. The van der Waals surface area contributed by atoms with E-state index in [1.165, 1.54) is 10.7 Å². The number of aliphatic hydroxyl groups excluding tert-OH is 4. The fourth-order valence-electron chi connectivity index (χ4n) is 3.96. The van der Waals surface area contributed by atoms with Gasteiger partial charge in [-0.15, -0.1) is 5.10 Å². The fraction of sp³-hybridized carbons (Fsp3) is 0.600. The molecule has 15 nitrogen and oxygen atoms in total. The third-order valence-corrected chi connectivity index (χ3v) is 5.91. The molecule has 0 aliphatic carbocycles. The Bertz CT molecular complexity index is 1140. The van der Waals surface area contributed by atoms with E-state index < -0.39 is 35.6 Å². The summed E-state index contributed by atoms with van der Waals surface area (Å²) >= 11 is 0. The number of aromatic nitrogens is 5. The Kier molecular flexibility index (Phi) is 7.82. The van der Waals surface area contributed by atoms with E-state index in [-0.39, 0.29) is 17.7 Å². The van der Waals surface area contributed by atoms with Crippen LogP contribution in [0.25, 0.3) is 11.0 Å². The Hall–Kier alpha value is -3.24. The Morgan fingerprint density at radius 2 is 1.80 bits per heavy atom. The van der Waals surface area contributed by atoms with Gasteiger partial charge in [0.1, 0.15) is 24.4 Å². The molecule has 5 atom stereocenters. The number of aryl methyl sites for hydroxylation is 1. The first-order valence-corrected chi connectivity index (χ1v) is 11.3. The van der Waals surface area contributed by atoms with Gasteiger partial charge in [0.25, 0.3) is 0 Å². The summed E-state index contributed by atoms with van der Waals surface area (Å²) in [4.78, 5) is 10.5. The first-order valence-electron chi connectivity index (χ1n) is 11.3. The zero-order valence-corrected chi connectivity index (χ0v) is 18.7. The van der Waals surface area contributed by atoms with E-state index in [1.54, 1.807) is 12.3 Å². The molecule has 2 aromatic heterocycles. The first kappa shape index (κ1) is 24.9. The van der Waals surface area contributed by atoms with Crippen LogP contribution in [0.5, 0.6) is 0 Å². The molecule has 0 bridgehead atoms. The average molecular weight is 493 g/mol. The second-order valence-corrected chi connectivity index (χ2v) is 8.41. The molecule has 0 radical (unpaired) electrons. The molecule has 1 saturated heterocycles. The van der Waals surface area contributed by atoms with Crippen LogP contribution in [0.2, 0.25) is 0 Å². The molecule has 3 heterocycles. The monoisotopic (exact) mass is 493 g/mol. The maximum Gasteiger partial charge on any atom is 0.300 e. The Balaban J connectivity index is 1.15. The van der Waals surface area contributed by atoms with Crippen LogP contribution in [0, 0.1) is 10.1 Å². The molecule has 4 rings (SSSR count). The zero-order chi connectivity index (χ0) is 24.9. The normalized spacial score (nSPS) is 24.6. The molecule has 35 heavy (non-hydrogen) atoms. The third-order valence-electron chi connectivity index (χ3n) is 5.91. The van der Waals surface area contributed by atoms with Crippen molar-refractivity contribution in [3.8, 4) is 0 Å². The number of benzene rings is 1. The van der Waals surface area contributed by atoms with Crippen molar-refractivity contribution in [1.82, 2.24) is 25.3 Å². The minimum absolute atomic E-state index is 0.0671. The van der Waals surface area contributed by atoms with E-state index in [1.807, 2.05) is 0 Å². The molecule has 0 spiro atoms. The van der Waals surface area contributed by atoms with Crippen LogP contribution in [0.3, 0.4) is 0 Å². The van der Waals surface area contributed by atoms with Gasteiger partial charge in [-0.3, -0.25) is 10.1 Å². The zero-order valence-electron chi connectivity index (χ0n) is 18.7. The number of nitrogens with zero attached hydrogens (tertiary/aromatic N) is 6. The maximum absolute atomic E-state index is 11.0. The number of rotatable bonds is 11. The van der Waals surface area contributed by atoms with Crippen LogP contribution in [0.4, 0.5) is 11.4 Å². The summed E-state index contributed by atoms with van der Waals surface area (Å²) in [5.41, 5.74) is 1.68. The highest BCUT2D eigenvalue weighted by Gasteiger charge is 2.43. The van der Waals surface area contributed by atoms with E-state index in [0.29, 0.717) is 24.2 Å². The van der Waals surface area contributed by atoms with Gasteiger partial charge in [0.15, 0.2) is 11.8 Å². The average Bonchev–Trinajstić information content (AvgIpc) is 3.50. The molecular weight excluding hydrogens is 466 g/mol. The molecule has 1 aliphatic heterocycles. The Morgan fingerprint density at radius 3 is 2.60 bits per heavy atom. The number of nitro benzene ring substituents is 1. The van der Waals surface area contributed by atoms with E-state index in [2.05, 4.69) is 30.6 Å². The van der Waals surface area contributed by atoms with Crippen LogP contribution in [-0.2, 0) is 17.7 Å². The van der Waals surface area contributed by atoms with Gasteiger partial charge in [0.05, 0.1) is 22.8 Å². The number of nitro groups is 1. The summed E-state index contributed by atoms with van der Waals surface area (Å²) in [6.07, 6.45) is -0.874. The highest BCUT2D eigenvalue weighted by Crippen LogP contribution is 2.28. The molecule has 15 heteroatoms. The fourth-order valence-corrected chi connectivity index (χ4v) is 3.96. The lowest BCUT2D eigenvalue weighted by molar-refractivity contribution is -0.383. The van der Waals surface area contributed by atoms with Crippen molar-refractivity contribution in [2.75, 3.05) is 11.9 Å².